The molecule has 0 saturated carbocycles. The first kappa shape index (κ1) is 19.7. The first-order chi connectivity index (χ1) is 12.9. The van der Waals surface area contributed by atoms with Gasteiger partial charge in [-0.3, -0.25) is 10.1 Å². The molecule has 5 nitrogen and oxygen atoms in total. The number of hydrogen-bond acceptors (Lipinski definition) is 6. The van der Waals surface area contributed by atoms with E-state index in [2.05, 4.69) is 21.7 Å². The Morgan fingerprint density at radius 1 is 1.30 bits per heavy atom. The van der Waals surface area contributed by atoms with Crippen molar-refractivity contribution >= 4 is 45.3 Å². The molecular weight excluding hydrogens is 404 g/mol. The number of benzene rings is 1. The zero-order valence-electron chi connectivity index (χ0n) is 14.9. The van der Waals surface area contributed by atoms with Crippen molar-refractivity contribution in [2.45, 2.75) is 25.9 Å². The Hall–Kier alpha value is -2.09. The van der Waals surface area contributed by atoms with Crippen LogP contribution in [0, 0.1) is 0 Å². The number of carbonyl (C=O) groups is 1. The van der Waals surface area contributed by atoms with Crippen LogP contribution in [0.25, 0.3) is 0 Å². The molecule has 142 valence electrons. The molecule has 0 aliphatic rings. The largest absolute Gasteiger partial charge is 0.492 e. The van der Waals surface area contributed by atoms with Crippen molar-refractivity contribution < 1.29 is 14.3 Å². The molecule has 0 aliphatic carbocycles. The Morgan fingerprint density at radius 3 is 2.85 bits per heavy atom. The Bertz CT molecular complexity index is 881. The van der Waals surface area contributed by atoms with E-state index in [1.54, 1.807) is 55.0 Å². The molecule has 1 amide bonds. The zero-order chi connectivity index (χ0) is 19.3. The van der Waals surface area contributed by atoms with E-state index in [1.165, 1.54) is 16.9 Å². The van der Waals surface area contributed by atoms with Gasteiger partial charge in [0.05, 0.1) is 11.6 Å². The fourth-order valence-electron chi connectivity index (χ4n) is 2.25. The highest BCUT2D eigenvalue weighted by molar-refractivity contribution is 7.13. The fourth-order valence-corrected chi connectivity index (χ4v) is 3.64. The number of halogens is 1. The van der Waals surface area contributed by atoms with Crippen LogP contribution in [0.15, 0.2) is 46.6 Å². The lowest BCUT2D eigenvalue weighted by Crippen LogP contribution is -2.42. The SMILES string of the molecule is CC(C)(Oc1ccc(Cl)c(OCCc2ccsc2)c1)C(=O)Nc1nccs1. The summed E-state index contributed by atoms with van der Waals surface area (Å²) in [5.41, 5.74) is 0.136. The topological polar surface area (TPSA) is 60.5 Å². The molecule has 0 spiro atoms. The molecule has 3 aromatic rings. The summed E-state index contributed by atoms with van der Waals surface area (Å²) in [6.45, 7) is 3.90. The lowest BCUT2D eigenvalue weighted by Gasteiger charge is -2.25. The molecule has 2 heterocycles. The molecule has 0 aliphatic heterocycles. The van der Waals surface area contributed by atoms with Gasteiger partial charge in [0, 0.05) is 24.1 Å². The molecule has 27 heavy (non-hydrogen) atoms. The van der Waals surface area contributed by atoms with Crippen LogP contribution in [0.3, 0.4) is 0 Å². The first-order valence-electron chi connectivity index (χ1n) is 8.27. The minimum atomic E-state index is -1.09. The smallest absolute Gasteiger partial charge is 0.269 e. The van der Waals surface area contributed by atoms with Crippen LogP contribution in [0.5, 0.6) is 11.5 Å². The summed E-state index contributed by atoms with van der Waals surface area (Å²) in [6, 6.07) is 7.19. The summed E-state index contributed by atoms with van der Waals surface area (Å²) < 4.78 is 11.7. The van der Waals surface area contributed by atoms with Crippen molar-refractivity contribution in [1.82, 2.24) is 4.98 Å². The monoisotopic (exact) mass is 422 g/mol. The lowest BCUT2D eigenvalue weighted by atomic mass is 10.1. The van der Waals surface area contributed by atoms with E-state index in [1.807, 2.05) is 5.38 Å². The number of ether oxygens (including phenoxy) is 2. The second-order valence-electron chi connectivity index (χ2n) is 6.23. The van der Waals surface area contributed by atoms with E-state index in [0.29, 0.717) is 28.3 Å². The minimum Gasteiger partial charge on any atom is -0.492 e. The molecule has 0 atom stereocenters. The molecule has 0 saturated heterocycles. The van der Waals surface area contributed by atoms with Gasteiger partial charge in [-0.25, -0.2) is 4.98 Å². The van der Waals surface area contributed by atoms with Gasteiger partial charge in [0.1, 0.15) is 11.5 Å². The molecule has 2 aromatic heterocycles. The lowest BCUT2D eigenvalue weighted by molar-refractivity contribution is -0.128. The number of nitrogens with one attached hydrogen (secondary N) is 1. The van der Waals surface area contributed by atoms with Gasteiger partial charge in [0.25, 0.3) is 5.91 Å². The summed E-state index contributed by atoms with van der Waals surface area (Å²) in [4.78, 5) is 16.5. The molecule has 1 N–H and O–H groups in total. The standard InChI is InChI=1S/C19H19ClN2O3S2/c1-19(2,17(23)22-18-21-7-10-27-18)25-14-3-4-15(20)16(11-14)24-8-5-13-6-9-26-12-13/h3-4,6-7,9-12H,5,8H2,1-2H3,(H,21,22,23). The number of aromatic nitrogens is 1. The van der Waals surface area contributed by atoms with Crippen molar-refractivity contribution in [3.63, 3.8) is 0 Å². The van der Waals surface area contributed by atoms with Crippen molar-refractivity contribution in [2.24, 2.45) is 0 Å². The summed E-state index contributed by atoms with van der Waals surface area (Å²) >= 11 is 9.23. The Kier molecular flexibility index (Phi) is 6.36. The van der Waals surface area contributed by atoms with E-state index in [0.717, 1.165) is 6.42 Å². The molecule has 0 fully saturated rings. The third-order valence-electron chi connectivity index (χ3n) is 3.70. The molecule has 8 heteroatoms. The van der Waals surface area contributed by atoms with Crippen molar-refractivity contribution in [2.75, 3.05) is 11.9 Å². The maximum Gasteiger partial charge on any atom is 0.269 e. The summed E-state index contributed by atoms with van der Waals surface area (Å²) in [5, 5.41) is 9.70. The predicted octanol–water partition coefficient (Wildman–Crippen LogP) is 5.28. The number of hydrogen-bond donors (Lipinski definition) is 1. The third kappa shape index (κ3) is 5.45. The van der Waals surface area contributed by atoms with Crippen LogP contribution in [0.1, 0.15) is 19.4 Å². The van der Waals surface area contributed by atoms with Crippen molar-refractivity contribution in [3.8, 4) is 11.5 Å². The van der Waals surface area contributed by atoms with Gasteiger partial charge < -0.3 is 9.47 Å². The number of anilines is 1. The highest BCUT2D eigenvalue weighted by atomic mass is 35.5. The summed E-state index contributed by atoms with van der Waals surface area (Å²) in [5.74, 6) is 0.747. The molecule has 3 rings (SSSR count). The van der Waals surface area contributed by atoms with Gasteiger partial charge in [-0.2, -0.15) is 11.3 Å². The Balaban J connectivity index is 1.62. The minimum absolute atomic E-state index is 0.285. The number of thiazole rings is 1. The van der Waals surface area contributed by atoms with Gasteiger partial charge in [-0.15, -0.1) is 11.3 Å². The third-order valence-corrected chi connectivity index (χ3v) is 5.44. The van der Waals surface area contributed by atoms with Crippen LogP contribution in [0.4, 0.5) is 5.13 Å². The molecular formula is C19H19ClN2O3S2. The van der Waals surface area contributed by atoms with E-state index in [9.17, 15) is 4.79 Å². The molecule has 0 bridgehead atoms. The highest BCUT2D eigenvalue weighted by Gasteiger charge is 2.30. The van der Waals surface area contributed by atoms with Crippen LogP contribution >= 0.6 is 34.3 Å². The van der Waals surface area contributed by atoms with E-state index < -0.39 is 5.60 Å². The number of thiophene rings is 1. The normalized spacial score (nSPS) is 11.2. The van der Waals surface area contributed by atoms with Crippen molar-refractivity contribution in [1.29, 1.82) is 0 Å². The maximum atomic E-state index is 12.5. The average Bonchev–Trinajstić information content (AvgIpc) is 3.31. The van der Waals surface area contributed by atoms with E-state index in [-0.39, 0.29) is 5.91 Å². The highest BCUT2D eigenvalue weighted by Crippen LogP contribution is 2.31. The van der Waals surface area contributed by atoms with Crippen LogP contribution < -0.4 is 14.8 Å². The van der Waals surface area contributed by atoms with E-state index in [4.69, 9.17) is 21.1 Å². The second kappa shape index (κ2) is 8.73. The number of rotatable bonds is 8. The average molecular weight is 423 g/mol. The van der Waals surface area contributed by atoms with Crippen LogP contribution in [-0.2, 0) is 11.2 Å². The van der Waals surface area contributed by atoms with Gasteiger partial charge in [0.2, 0.25) is 0 Å². The van der Waals surface area contributed by atoms with Gasteiger partial charge in [-0.05, 0) is 48.4 Å². The number of carbonyl (C=O) groups excluding carboxylic acids is 1. The van der Waals surface area contributed by atoms with E-state index >= 15 is 0 Å². The number of nitrogens with zero attached hydrogens (tertiary/aromatic N) is 1. The zero-order valence-corrected chi connectivity index (χ0v) is 17.3. The van der Waals surface area contributed by atoms with Crippen LogP contribution in [0.2, 0.25) is 5.02 Å². The van der Waals surface area contributed by atoms with Gasteiger partial charge >= 0.3 is 0 Å². The maximum absolute atomic E-state index is 12.5. The fraction of sp³-hybridized carbons (Fsp3) is 0.263. The number of amides is 1. The Morgan fingerprint density at radius 2 is 2.15 bits per heavy atom. The Labute approximate surface area is 170 Å². The quantitative estimate of drug-likeness (QED) is 0.536. The van der Waals surface area contributed by atoms with Crippen molar-refractivity contribution in [3.05, 3.63) is 57.2 Å². The van der Waals surface area contributed by atoms with Crippen LogP contribution in [-0.4, -0.2) is 23.1 Å². The predicted molar refractivity (Wildman–Crippen MR) is 110 cm³/mol. The van der Waals surface area contributed by atoms with Gasteiger partial charge in [0.15, 0.2) is 10.7 Å². The second-order valence-corrected chi connectivity index (χ2v) is 8.31. The molecule has 0 radical (unpaired) electrons. The molecule has 1 aromatic carbocycles. The first-order valence-corrected chi connectivity index (χ1v) is 10.5. The summed E-state index contributed by atoms with van der Waals surface area (Å²) in [7, 11) is 0. The summed E-state index contributed by atoms with van der Waals surface area (Å²) in [6.07, 6.45) is 2.43. The molecule has 0 unspecified atom stereocenters. The van der Waals surface area contributed by atoms with Gasteiger partial charge in [-0.1, -0.05) is 11.6 Å².